The van der Waals surface area contributed by atoms with Crippen molar-refractivity contribution in [3.8, 4) is 0 Å². The lowest BCUT2D eigenvalue weighted by Crippen LogP contribution is -2.46. The summed E-state index contributed by atoms with van der Waals surface area (Å²) in [6, 6.07) is 8.03. The van der Waals surface area contributed by atoms with Gasteiger partial charge in [-0.2, -0.15) is 0 Å². The second-order valence-corrected chi connectivity index (χ2v) is 6.50. The van der Waals surface area contributed by atoms with E-state index >= 15 is 0 Å². The van der Waals surface area contributed by atoms with Crippen LogP contribution >= 0.6 is 0 Å². The van der Waals surface area contributed by atoms with E-state index in [1.807, 2.05) is 24.3 Å². The van der Waals surface area contributed by atoms with E-state index in [9.17, 15) is 4.79 Å². The molecule has 1 aromatic carbocycles. The van der Waals surface area contributed by atoms with Crippen molar-refractivity contribution in [3.05, 3.63) is 35.4 Å². The molecule has 1 aromatic rings. The fourth-order valence-electron chi connectivity index (χ4n) is 3.59. The first-order valence-corrected chi connectivity index (χ1v) is 9.00. The average Bonchev–Trinajstić information content (AvgIpc) is 3.12. The number of nitrogens with two attached hydrogens (primary N) is 1. The number of nitrogens with one attached hydrogen (secondary N) is 1. The van der Waals surface area contributed by atoms with E-state index in [0.717, 1.165) is 12.1 Å². The summed E-state index contributed by atoms with van der Waals surface area (Å²) >= 11 is 0. The molecule has 1 atom stereocenters. The van der Waals surface area contributed by atoms with Gasteiger partial charge >= 0.3 is 0 Å². The summed E-state index contributed by atoms with van der Waals surface area (Å²) in [5.74, 6) is 0.664. The van der Waals surface area contributed by atoms with Crippen molar-refractivity contribution in [1.82, 2.24) is 10.2 Å². The Labute approximate surface area is 140 Å². The first-order chi connectivity index (χ1) is 11.2. The topological polar surface area (TPSA) is 58.4 Å². The van der Waals surface area contributed by atoms with E-state index in [0.29, 0.717) is 24.1 Å². The summed E-state index contributed by atoms with van der Waals surface area (Å²) in [6.07, 6.45) is 4.90. The Hall–Kier alpha value is -1.39. The number of carbonyl (C=O) groups excluding carboxylic acids is 1. The van der Waals surface area contributed by atoms with Crippen molar-refractivity contribution in [2.75, 3.05) is 19.6 Å². The third-order valence-electron chi connectivity index (χ3n) is 5.13. The molecular formula is C19H31N3O. The number of carbonyl (C=O) groups is 1. The molecule has 1 unspecified atom stereocenters. The highest BCUT2D eigenvalue weighted by atomic mass is 16.1. The minimum atomic E-state index is 0.0173. The Bertz CT molecular complexity index is 474. The summed E-state index contributed by atoms with van der Waals surface area (Å²) in [4.78, 5) is 15.0. The van der Waals surface area contributed by atoms with E-state index in [-0.39, 0.29) is 5.91 Å². The second kappa shape index (κ2) is 9.04. The summed E-state index contributed by atoms with van der Waals surface area (Å²) < 4.78 is 0. The third-order valence-corrected chi connectivity index (χ3v) is 5.13. The molecule has 1 amide bonds. The summed E-state index contributed by atoms with van der Waals surface area (Å²) in [7, 11) is 0. The van der Waals surface area contributed by atoms with Gasteiger partial charge < -0.3 is 11.1 Å². The van der Waals surface area contributed by atoms with Crippen LogP contribution in [-0.4, -0.2) is 36.5 Å². The van der Waals surface area contributed by atoms with Crippen molar-refractivity contribution < 1.29 is 4.79 Å². The van der Waals surface area contributed by atoms with Gasteiger partial charge in [0.15, 0.2) is 0 Å². The van der Waals surface area contributed by atoms with E-state index < -0.39 is 0 Å². The molecule has 0 bridgehead atoms. The highest BCUT2D eigenvalue weighted by Crippen LogP contribution is 2.22. The first kappa shape index (κ1) is 18.0. The van der Waals surface area contributed by atoms with Crippen LogP contribution in [0.15, 0.2) is 24.3 Å². The molecule has 2 rings (SSSR count). The van der Waals surface area contributed by atoms with Gasteiger partial charge in [0, 0.05) is 24.7 Å². The van der Waals surface area contributed by atoms with Gasteiger partial charge in [-0.25, -0.2) is 0 Å². The maximum Gasteiger partial charge on any atom is 0.251 e. The zero-order valence-electron chi connectivity index (χ0n) is 14.6. The first-order valence-electron chi connectivity index (χ1n) is 9.00. The molecule has 4 heteroatoms. The van der Waals surface area contributed by atoms with Crippen LogP contribution in [0.4, 0.5) is 0 Å². The number of hydrogen-bond acceptors (Lipinski definition) is 3. The fraction of sp³-hybridized carbons (Fsp3) is 0.632. The predicted molar refractivity (Wildman–Crippen MR) is 95.3 cm³/mol. The lowest BCUT2D eigenvalue weighted by Gasteiger charge is -2.34. The van der Waals surface area contributed by atoms with Gasteiger partial charge in [0.1, 0.15) is 0 Å². The normalized spacial score (nSPS) is 16.7. The van der Waals surface area contributed by atoms with Crippen molar-refractivity contribution in [2.24, 2.45) is 11.7 Å². The standard InChI is InChI=1S/C19H31N3O/c1-3-16(4-2)18(22-11-5-6-12-22)14-21-19(23)17-9-7-15(13-20)8-10-17/h7-10,16,18H,3-6,11-14,20H2,1-2H3,(H,21,23). The van der Waals surface area contributed by atoms with Crippen molar-refractivity contribution in [3.63, 3.8) is 0 Å². The second-order valence-electron chi connectivity index (χ2n) is 6.50. The summed E-state index contributed by atoms with van der Waals surface area (Å²) in [5, 5.41) is 3.15. The number of benzene rings is 1. The lowest BCUT2D eigenvalue weighted by atomic mass is 9.93. The maximum absolute atomic E-state index is 12.4. The van der Waals surface area contributed by atoms with Crippen molar-refractivity contribution >= 4 is 5.91 Å². The molecule has 128 valence electrons. The Balaban J connectivity index is 1.97. The van der Waals surface area contributed by atoms with Crippen LogP contribution in [0.1, 0.15) is 55.5 Å². The number of hydrogen-bond donors (Lipinski definition) is 2. The van der Waals surface area contributed by atoms with Gasteiger partial charge in [-0.15, -0.1) is 0 Å². The minimum absolute atomic E-state index is 0.0173. The molecule has 0 spiro atoms. The smallest absolute Gasteiger partial charge is 0.251 e. The molecule has 1 saturated heterocycles. The molecular weight excluding hydrogens is 286 g/mol. The molecule has 1 heterocycles. The Kier molecular flexibility index (Phi) is 7.06. The molecule has 23 heavy (non-hydrogen) atoms. The molecule has 0 aliphatic carbocycles. The quantitative estimate of drug-likeness (QED) is 0.775. The van der Waals surface area contributed by atoms with Gasteiger partial charge in [-0.05, 0) is 49.5 Å². The SMILES string of the molecule is CCC(CC)C(CNC(=O)c1ccc(CN)cc1)N1CCCC1. The van der Waals surface area contributed by atoms with Gasteiger partial charge in [0.05, 0.1) is 0 Å². The van der Waals surface area contributed by atoms with Crippen LogP contribution in [0.25, 0.3) is 0 Å². The molecule has 4 nitrogen and oxygen atoms in total. The highest BCUT2D eigenvalue weighted by molar-refractivity contribution is 5.94. The Morgan fingerprint density at radius 3 is 2.30 bits per heavy atom. The monoisotopic (exact) mass is 317 g/mol. The van der Waals surface area contributed by atoms with Gasteiger partial charge in [0.2, 0.25) is 0 Å². The van der Waals surface area contributed by atoms with Gasteiger partial charge in [-0.3, -0.25) is 9.69 Å². The van der Waals surface area contributed by atoms with Crippen molar-refractivity contribution in [1.29, 1.82) is 0 Å². The molecule has 3 N–H and O–H groups in total. The number of rotatable bonds is 8. The average molecular weight is 317 g/mol. The van der Waals surface area contributed by atoms with Crippen molar-refractivity contribution in [2.45, 2.75) is 52.1 Å². The van der Waals surface area contributed by atoms with Crippen LogP contribution in [-0.2, 0) is 6.54 Å². The molecule has 1 fully saturated rings. The zero-order chi connectivity index (χ0) is 16.7. The van der Waals surface area contributed by atoms with Crippen LogP contribution in [0.3, 0.4) is 0 Å². The molecule has 0 radical (unpaired) electrons. The molecule has 1 aliphatic rings. The Morgan fingerprint density at radius 1 is 1.17 bits per heavy atom. The summed E-state index contributed by atoms with van der Waals surface area (Å²) in [5.41, 5.74) is 7.37. The van der Waals surface area contributed by atoms with Crippen LogP contribution in [0.5, 0.6) is 0 Å². The van der Waals surface area contributed by atoms with E-state index in [2.05, 4.69) is 24.1 Å². The largest absolute Gasteiger partial charge is 0.350 e. The maximum atomic E-state index is 12.4. The molecule has 1 aliphatic heterocycles. The van der Waals surface area contributed by atoms with Crippen LogP contribution in [0, 0.1) is 5.92 Å². The van der Waals surface area contributed by atoms with E-state index in [1.165, 1.54) is 38.8 Å². The van der Waals surface area contributed by atoms with E-state index in [4.69, 9.17) is 5.73 Å². The fourth-order valence-corrected chi connectivity index (χ4v) is 3.59. The van der Waals surface area contributed by atoms with Crippen LogP contribution < -0.4 is 11.1 Å². The van der Waals surface area contributed by atoms with E-state index in [1.54, 1.807) is 0 Å². The minimum Gasteiger partial charge on any atom is -0.350 e. The van der Waals surface area contributed by atoms with Crippen LogP contribution in [0.2, 0.25) is 0 Å². The third kappa shape index (κ3) is 4.79. The zero-order valence-corrected chi connectivity index (χ0v) is 14.6. The summed E-state index contributed by atoms with van der Waals surface area (Å²) in [6.45, 7) is 8.09. The number of amides is 1. The molecule has 0 saturated carbocycles. The highest BCUT2D eigenvalue weighted by Gasteiger charge is 2.27. The number of nitrogens with zero attached hydrogens (tertiary/aromatic N) is 1. The lowest BCUT2D eigenvalue weighted by molar-refractivity contribution is 0.0918. The molecule has 0 aromatic heterocycles. The predicted octanol–water partition coefficient (Wildman–Crippen LogP) is 2.78. The number of likely N-dealkylation sites (tertiary alicyclic amines) is 1. The van der Waals surface area contributed by atoms with Gasteiger partial charge in [-0.1, -0.05) is 38.8 Å². The Morgan fingerprint density at radius 2 is 1.78 bits per heavy atom. The van der Waals surface area contributed by atoms with Gasteiger partial charge in [0.25, 0.3) is 5.91 Å².